The van der Waals surface area contributed by atoms with Gasteiger partial charge in [-0.05, 0) is 30.7 Å². The minimum absolute atomic E-state index is 0.498. The van der Waals surface area contributed by atoms with Gasteiger partial charge < -0.3 is 5.32 Å². The van der Waals surface area contributed by atoms with E-state index in [1.165, 1.54) is 48.2 Å². The van der Waals surface area contributed by atoms with E-state index in [9.17, 15) is 0 Å². The van der Waals surface area contributed by atoms with Crippen LogP contribution in [-0.4, -0.2) is 11.5 Å². The molecule has 3 heteroatoms. The Kier molecular flexibility index (Phi) is 7.60. The molecule has 0 radical (unpaired) electrons. The Morgan fingerprint density at radius 1 is 1.09 bits per heavy atom. The second-order valence-electron chi connectivity index (χ2n) is 6.25. The monoisotopic (exact) mass is 330 g/mol. The van der Waals surface area contributed by atoms with Crippen molar-refractivity contribution in [2.75, 3.05) is 11.9 Å². The first kappa shape index (κ1) is 18.0. The lowest BCUT2D eigenvalue weighted by atomic mass is 10.0. The third kappa shape index (κ3) is 5.65. The lowest BCUT2D eigenvalue weighted by Crippen LogP contribution is -2.09. The smallest absolute Gasteiger partial charge is 0.183 e. The molecule has 2 rings (SSSR count). The Hall–Kier alpha value is -1.35. The first-order valence-electron chi connectivity index (χ1n) is 9.02. The van der Waals surface area contributed by atoms with E-state index < -0.39 is 0 Å². The van der Waals surface area contributed by atoms with Gasteiger partial charge in [0.1, 0.15) is 0 Å². The van der Waals surface area contributed by atoms with Crippen molar-refractivity contribution in [1.82, 2.24) is 4.98 Å². The number of rotatable bonds is 10. The maximum Gasteiger partial charge on any atom is 0.183 e. The molecule has 0 saturated carbocycles. The van der Waals surface area contributed by atoms with Crippen molar-refractivity contribution in [2.24, 2.45) is 0 Å². The van der Waals surface area contributed by atoms with E-state index in [0.717, 1.165) is 18.1 Å². The van der Waals surface area contributed by atoms with Crippen LogP contribution in [0.25, 0.3) is 0 Å². The Morgan fingerprint density at radius 3 is 2.57 bits per heavy atom. The van der Waals surface area contributed by atoms with Gasteiger partial charge in [-0.1, -0.05) is 70.4 Å². The molecule has 0 aliphatic carbocycles. The van der Waals surface area contributed by atoms with E-state index in [4.69, 9.17) is 4.98 Å². The van der Waals surface area contributed by atoms with Gasteiger partial charge in [0.15, 0.2) is 5.13 Å². The maximum atomic E-state index is 4.80. The summed E-state index contributed by atoms with van der Waals surface area (Å²) in [6.45, 7) is 7.68. The topological polar surface area (TPSA) is 24.9 Å². The average Bonchev–Trinajstić information content (AvgIpc) is 2.99. The van der Waals surface area contributed by atoms with E-state index in [2.05, 4.69) is 56.4 Å². The van der Waals surface area contributed by atoms with Gasteiger partial charge in [0.25, 0.3) is 0 Å². The number of aromatic nitrogens is 1. The molecule has 1 atom stereocenters. The SMILES string of the molecule is CCCCCCc1sc(NCC(C)c2ccccc2)nc1CC. The lowest BCUT2D eigenvalue weighted by molar-refractivity contribution is 0.667. The van der Waals surface area contributed by atoms with Gasteiger partial charge >= 0.3 is 0 Å². The number of benzene rings is 1. The number of nitrogens with zero attached hydrogens (tertiary/aromatic N) is 1. The van der Waals surface area contributed by atoms with Crippen LogP contribution in [0.2, 0.25) is 0 Å². The first-order valence-corrected chi connectivity index (χ1v) is 9.83. The molecule has 23 heavy (non-hydrogen) atoms. The van der Waals surface area contributed by atoms with E-state index in [0.29, 0.717) is 5.92 Å². The van der Waals surface area contributed by atoms with Crippen LogP contribution in [0, 0.1) is 0 Å². The van der Waals surface area contributed by atoms with Gasteiger partial charge in [-0.15, -0.1) is 11.3 Å². The van der Waals surface area contributed by atoms with Crippen molar-refractivity contribution < 1.29 is 0 Å². The molecule has 0 bridgehead atoms. The molecule has 0 spiro atoms. The van der Waals surface area contributed by atoms with Crippen LogP contribution in [-0.2, 0) is 12.8 Å². The fourth-order valence-electron chi connectivity index (χ4n) is 2.78. The Morgan fingerprint density at radius 2 is 1.87 bits per heavy atom. The van der Waals surface area contributed by atoms with Crippen LogP contribution in [0.3, 0.4) is 0 Å². The Balaban J connectivity index is 1.88. The van der Waals surface area contributed by atoms with Gasteiger partial charge in [-0.25, -0.2) is 4.98 Å². The molecule has 0 fully saturated rings. The molecule has 0 amide bonds. The van der Waals surface area contributed by atoms with Crippen LogP contribution in [0.15, 0.2) is 30.3 Å². The number of nitrogens with one attached hydrogen (secondary N) is 1. The van der Waals surface area contributed by atoms with Gasteiger partial charge in [-0.2, -0.15) is 0 Å². The van der Waals surface area contributed by atoms with Gasteiger partial charge in [0.2, 0.25) is 0 Å². The van der Waals surface area contributed by atoms with Gasteiger partial charge in [0.05, 0.1) is 5.69 Å². The highest BCUT2D eigenvalue weighted by Crippen LogP contribution is 2.26. The maximum absolute atomic E-state index is 4.80. The fourth-order valence-corrected chi connectivity index (χ4v) is 3.88. The zero-order valence-corrected chi connectivity index (χ0v) is 15.6. The number of thiazole rings is 1. The summed E-state index contributed by atoms with van der Waals surface area (Å²) in [5.74, 6) is 0.498. The van der Waals surface area contributed by atoms with Crippen LogP contribution in [0.4, 0.5) is 5.13 Å². The molecule has 1 aromatic heterocycles. The minimum atomic E-state index is 0.498. The molecule has 1 N–H and O–H groups in total. The summed E-state index contributed by atoms with van der Waals surface area (Å²) in [5, 5.41) is 4.64. The second-order valence-corrected chi connectivity index (χ2v) is 7.33. The standard InChI is InChI=1S/C20H30N2S/c1-4-6-7-11-14-19-18(5-2)22-20(23-19)21-15-16(3)17-12-9-8-10-13-17/h8-10,12-13,16H,4-7,11,14-15H2,1-3H3,(H,21,22). The zero-order chi connectivity index (χ0) is 16.5. The van der Waals surface area contributed by atoms with E-state index in [1.54, 1.807) is 0 Å². The first-order chi connectivity index (χ1) is 11.2. The Labute approximate surface area is 145 Å². The number of anilines is 1. The lowest BCUT2D eigenvalue weighted by Gasteiger charge is -2.12. The van der Waals surface area contributed by atoms with Crippen molar-refractivity contribution in [2.45, 2.75) is 65.2 Å². The van der Waals surface area contributed by atoms with Gasteiger partial charge in [-0.3, -0.25) is 0 Å². The van der Waals surface area contributed by atoms with Crippen LogP contribution < -0.4 is 5.32 Å². The van der Waals surface area contributed by atoms with Gasteiger partial charge in [0, 0.05) is 11.4 Å². The minimum Gasteiger partial charge on any atom is -0.361 e. The predicted octanol–water partition coefficient (Wildman–Crippen LogP) is 6.04. The third-order valence-electron chi connectivity index (χ3n) is 4.30. The van der Waals surface area contributed by atoms with Crippen molar-refractivity contribution >= 4 is 16.5 Å². The van der Waals surface area contributed by atoms with E-state index >= 15 is 0 Å². The van der Waals surface area contributed by atoms with Crippen molar-refractivity contribution in [3.8, 4) is 0 Å². The summed E-state index contributed by atoms with van der Waals surface area (Å²) in [5.41, 5.74) is 2.67. The molecule has 2 nitrogen and oxygen atoms in total. The summed E-state index contributed by atoms with van der Waals surface area (Å²) in [6, 6.07) is 10.7. The van der Waals surface area contributed by atoms with E-state index in [1.807, 2.05) is 11.3 Å². The highest BCUT2D eigenvalue weighted by molar-refractivity contribution is 7.15. The van der Waals surface area contributed by atoms with Crippen LogP contribution in [0.5, 0.6) is 0 Å². The van der Waals surface area contributed by atoms with Crippen molar-refractivity contribution in [1.29, 1.82) is 0 Å². The second kappa shape index (κ2) is 9.71. The van der Waals surface area contributed by atoms with Crippen LogP contribution in [0.1, 0.15) is 68.5 Å². The highest BCUT2D eigenvalue weighted by atomic mass is 32.1. The largest absolute Gasteiger partial charge is 0.361 e. The molecule has 0 aliphatic heterocycles. The molecule has 1 unspecified atom stereocenters. The third-order valence-corrected chi connectivity index (χ3v) is 5.41. The number of aryl methyl sites for hydroxylation is 2. The van der Waals surface area contributed by atoms with Crippen molar-refractivity contribution in [3.05, 3.63) is 46.5 Å². The number of hydrogen-bond donors (Lipinski definition) is 1. The van der Waals surface area contributed by atoms with Crippen LogP contribution >= 0.6 is 11.3 Å². The molecule has 0 saturated heterocycles. The molecular formula is C20H30N2S. The predicted molar refractivity (Wildman–Crippen MR) is 103 cm³/mol. The van der Waals surface area contributed by atoms with E-state index in [-0.39, 0.29) is 0 Å². The quantitative estimate of drug-likeness (QED) is 0.537. The molecule has 126 valence electrons. The average molecular weight is 331 g/mol. The molecule has 2 aromatic rings. The molecule has 1 aromatic carbocycles. The summed E-state index contributed by atoms with van der Waals surface area (Å²) in [4.78, 5) is 6.29. The summed E-state index contributed by atoms with van der Waals surface area (Å²) in [7, 11) is 0. The normalized spacial score (nSPS) is 12.3. The highest BCUT2D eigenvalue weighted by Gasteiger charge is 2.11. The fraction of sp³-hybridized carbons (Fsp3) is 0.550. The molecular weight excluding hydrogens is 300 g/mol. The summed E-state index contributed by atoms with van der Waals surface area (Å²) in [6.07, 6.45) is 7.51. The molecule has 1 heterocycles. The number of hydrogen-bond acceptors (Lipinski definition) is 3. The number of unbranched alkanes of at least 4 members (excludes halogenated alkanes) is 3. The molecule has 0 aliphatic rings. The summed E-state index contributed by atoms with van der Waals surface area (Å²) < 4.78 is 0. The van der Waals surface area contributed by atoms with Crippen molar-refractivity contribution in [3.63, 3.8) is 0 Å². The Bertz CT molecular complexity index is 562. The summed E-state index contributed by atoms with van der Waals surface area (Å²) >= 11 is 1.86. The zero-order valence-electron chi connectivity index (χ0n) is 14.8.